The van der Waals surface area contributed by atoms with Crippen LogP contribution in [0.1, 0.15) is 15.2 Å². The molecular weight excluding hydrogens is 388 g/mol. The molecule has 0 aliphatic heterocycles. The lowest BCUT2D eigenvalue weighted by Crippen LogP contribution is -1.88. The second kappa shape index (κ2) is 7.77. The molecule has 114 valence electrons. The van der Waals surface area contributed by atoms with Gasteiger partial charge in [-0.15, -0.1) is 11.3 Å². The van der Waals surface area contributed by atoms with Gasteiger partial charge in [-0.2, -0.15) is 0 Å². The molecule has 1 aromatic heterocycles. The summed E-state index contributed by atoms with van der Waals surface area (Å²) in [4.78, 5) is 15.2. The maximum Gasteiger partial charge on any atom is 0.195 e. The molecule has 4 heteroatoms. The number of ketones is 1. The average Bonchev–Trinajstić information content (AvgIpc) is 3.01. The van der Waals surface area contributed by atoms with Crippen LogP contribution in [0.4, 0.5) is 0 Å². The van der Waals surface area contributed by atoms with Gasteiger partial charge < -0.3 is 0 Å². The number of allylic oxidation sites excluding steroid dienone is 1. The van der Waals surface area contributed by atoms with E-state index in [0.29, 0.717) is 0 Å². The SMILES string of the molecule is O=C(C=Cc1ccc(Sc2ccccc2)cc1)c1ccc(Br)s1. The van der Waals surface area contributed by atoms with Crippen molar-refractivity contribution in [2.75, 3.05) is 0 Å². The predicted molar refractivity (Wildman–Crippen MR) is 102 cm³/mol. The summed E-state index contributed by atoms with van der Waals surface area (Å²) in [5.74, 6) is 0.0310. The normalized spacial score (nSPS) is 11.0. The summed E-state index contributed by atoms with van der Waals surface area (Å²) in [7, 11) is 0. The Bertz CT molecular complexity index is 820. The van der Waals surface area contributed by atoms with Gasteiger partial charge in [-0.3, -0.25) is 4.79 Å². The Kier molecular flexibility index (Phi) is 5.49. The van der Waals surface area contributed by atoms with E-state index in [4.69, 9.17) is 0 Å². The van der Waals surface area contributed by atoms with Gasteiger partial charge in [0.15, 0.2) is 5.78 Å². The lowest BCUT2D eigenvalue weighted by molar-refractivity contribution is 0.105. The summed E-state index contributed by atoms with van der Waals surface area (Å²) >= 11 is 6.54. The maximum absolute atomic E-state index is 12.0. The van der Waals surface area contributed by atoms with Gasteiger partial charge >= 0.3 is 0 Å². The van der Waals surface area contributed by atoms with Crippen LogP contribution < -0.4 is 0 Å². The Labute approximate surface area is 152 Å². The minimum atomic E-state index is 0.0310. The molecule has 0 saturated carbocycles. The quantitative estimate of drug-likeness (QED) is 0.356. The molecule has 0 atom stereocenters. The molecule has 0 aliphatic rings. The first kappa shape index (κ1) is 16.2. The van der Waals surface area contributed by atoms with Crippen molar-refractivity contribution in [3.63, 3.8) is 0 Å². The van der Waals surface area contributed by atoms with E-state index in [2.05, 4.69) is 40.2 Å². The topological polar surface area (TPSA) is 17.1 Å². The van der Waals surface area contributed by atoms with Crippen LogP contribution in [0.2, 0.25) is 0 Å². The van der Waals surface area contributed by atoms with Gasteiger partial charge in [-0.25, -0.2) is 0 Å². The summed E-state index contributed by atoms with van der Waals surface area (Å²) in [6, 6.07) is 22.2. The van der Waals surface area contributed by atoms with Crippen LogP contribution in [-0.2, 0) is 0 Å². The monoisotopic (exact) mass is 400 g/mol. The zero-order valence-corrected chi connectivity index (χ0v) is 15.3. The Morgan fingerprint density at radius 2 is 1.61 bits per heavy atom. The number of benzene rings is 2. The number of carbonyl (C=O) groups is 1. The van der Waals surface area contributed by atoms with Crippen molar-refractivity contribution in [3.8, 4) is 0 Å². The van der Waals surface area contributed by atoms with Crippen LogP contribution in [0, 0.1) is 0 Å². The van der Waals surface area contributed by atoms with Crippen molar-refractivity contribution in [2.45, 2.75) is 9.79 Å². The van der Waals surface area contributed by atoms with E-state index >= 15 is 0 Å². The molecule has 0 amide bonds. The zero-order valence-electron chi connectivity index (χ0n) is 12.1. The van der Waals surface area contributed by atoms with Crippen LogP contribution in [-0.4, -0.2) is 5.78 Å². The van der Waals surface area contributed by atoms with Crippen LogP contribution in [0.3, 0.4) is 0 Å². The van der Waals surface area contributed by atoms with E-state index in [1.165, 1.54) is 21.1 Å². The molecule has 2 aromatic carbocycles. The number of carbonyl (C=O) groups excluding carboxylic acids is 1. The lowest BCUT2D eigenvalue weighted by Gasteiger charge is -2.01. The van der Waals surface area contributed by atoms with Gasteiger partial charge in [0.25, 0.3) is 0 Å². The van der Waals surface area contributed by atoms with Crippen molar-refractivity contribution in [1.82, 2.24) is 0 Å². The van der Waals surface area contributed by atoms with Gasteiger partial charge in [0, 0.05) is 9.79 Å². The molecule has 0 bridgehead atoms. The fraction of sp³-hybridized carbons (Fsp3) is 0. The summed E-state index contributed by atoms with van der Waals surface area (Å²) in [5.41, 5.74) is 1.02. The van der Waals surface area contributed by atoms with Gasteiger partial charge in [0.05, 0.1) is 8.66 Å². The predicted octanol–water partition coefficient (Wildman–Crippen LogP) is 6.56. The molecule has 0 N–H and O–H groups in total. The fourth-order valence-electron chi connectivity index (χ4n) is 1.97. The van der Waals surface area contributed by atoms with Crippen molar-refractivity contribution < 1.29 is 4.79 Å². The highest BCUT2D eigenvalue weighted by Gasteiger charge is 2.04. The van der Waals surface area contributed by atoms with Gasteiger partial charge in [-0.1, -0.05) is 48.2 Å². The van der Waals surface area contributed by atoms with Gasteiger partial charge in [-0.05, 0) is 64.0 Å². The number of thiophene rings is 1. The molecule has 0 aliphatic carbocycles. The zero-order chi connectivity index (χ0) is 16.1. The maximum atomic E-state index is 12.0. The van der Waals surface area contributed by atoms with Crippen molar-refractivity contribution in [2.24, 2.45) is 0 Å². The third kappa shape index (κ3) is 4.67. The lowest BCUT2D eigenvalue weighted by atomic mass is 10.2. The Hall–Kier alpha value is -1.62. The van der Waals surface area contributed by atoms with Crippen LogP contribution in [0.15, 0.2) is 86.4 Å². The molecule has 0 spiro atoms. The molecule has 23 heavy (non-hydrogen) atoms. The average molecular weight is 401 g/mol. The highest BCUT2D eigenvalue weighted by atomic mass is 79.9. The number of hydrogen-bond acceptors (Lipinski definition) is 3. The Balaban J connectivity index is 1.65. The van der Waals surface area contributed by atoms with E-state index in [1.54, 1.807) is 17.8 Å². The second-order valence-corrected chi connectivity index (χ2v) is 8.40. The standard InChI is InChI=1S/C19H13BrOS2/c20-19-13-12-18(23-19)17(21)11-8-14-6-9-16(10-7-14)22-15-4-2-1-3-5-15/h1-13H. The fourth-order valence-corrected chi connectivity index (χ4v) is 4.12. The first-order valence-electron chi connectivity index (χ1n) is 7.01. The molecule has 1 nitrogen and oxygen atoms in total. The first-order chi connectivity index (χ1) is 11.2. The van der Waals surface area contributed by atoms with E-state index in [0.717, 1.165) is 14.2 Å². The second-order valence-electron chi connectivity index (χ2n) is 4.79. The van der Waals surface area contributed by atoms with E-state index in [-0.39, 0.29) is 5.78 Å². The van der Waals surface area contributed by atoms with Crippen molar-refractivity contribution >= 4 is 50.9 Å². The minimum Gasteiger partial charge on any atom is -0.288 e. The number of rotatable bonds is 5. The number of halogens is 1. The third-order valence-corrected chi connectivity index (χ3v) is 5.76. The third-order valence-electron chi connectivity index (χ3n) is 3.10. The highest BCUT2D eigenvalue weighted by molar-refractivity contribution is 9.11. The van der Waals surface area contributed by atoms with E-state index in [9.17, 15) is 4.79 Å². The molecule has 3 rings (SSSR count). The van der Waals surface area contributed by atoms with Crippen LogP contribution >= 0.6 is 39.0 Å². The molecule has 0 saturated heterocycles. The molecule has 0 unspecified atom stereocenters. The minimum absolute atomic E-state index is 0.0310. The van der Waals surface area contributed by atoms with E-state index in [1.807, 2.05) is 48.5 Å². The van der Waals surface area contributed by atoms with Crippen LogP contribution in [0.5, 0.6) is 0 Å². The van der Waals surface area contributed by atoms with Gasteiger partial charge in [0.2, 0.25) is 0 Å². The Morgan fingerprint density at radius 3 is 2.26 bits per heavy atom. The summed E-state index contributed by atoms with van der Waals surface area (Å²) in [6.45, 7) is 0. The highest BCUT2D eigenvalue weighted by Crippen LogP contribution is 2.27. The molecule has 3 aromatic rings. The van der Waals surface area contributed by atoms with E-state index < -0.39 is 0 Å². The molecule has 0 fully saturated rings. The Morgan fingerprint density at radius 1 is 0.913 bits per heavy atom. The van der Waals surface area contributed by atoms with Gasteiger partial charge in [0.1, 0.15) is 0 Å². The molecular formula is C19H13BrOS2. The largest absolute Gasteiger partial charge is 0.288 e. The molecule has 1 heterocycles. The smallest absolute Gasteiger partial charge is 0.195 e. The van der Waals surface area contributed by atoms with Crippen LogP contribution in [0.25, 0.3) is 6.08 Å². The summed E-state index contributed by atoms with van der Waals surface area (Å²) in [5, 5.41) is 0. The summed E-state index contributed by atoms with van der Waals surface area (Å²) in [6.07, 6.45) is 3.48. The number of hydrogen-bond donors (Lipinski definition) is 0. The van der Waals surface area contributed by atoms with Crippen molar-refractivity contribution in [1.29, 1.82) is 0 Å². The summed E-state index contributed by atoms with van der Waals surface area (Å²) < 4.78 is 0.969. The first-order valence-corrected chi connectivity index (χ1v) is 9.44. The molecule has 0 radical (unpaired) electrons. The van der Waals surface area contributed by atoms with Crippen molar-refractivity contribution in [3.05, 3.63) is 87.0 Å².